The monoisotopic (exact) mass is 389 g/mol. The highest BCUT2D eigenvalue weighted by Gasteiger charge is 2.26. The van der Waals surface area contributed by atoms with Crippen LogP contribution in [0.3, 0.4) is 0 Å². The number of hydrogen-bond acceptors (Lipinski definition) is 4. The number of nitrogens with one attached hydrogen (secondary N) is 1. The van der Waals surface area contributed by atoms with Crippen LogP contribution < -0.4 is 14.8 Å². The standard InChI is InChI=1S/C24H23NO4/c1-27-20-11-5-9-18(13-20)22-12-6-10-19-14-21(29-23(19)22)15-25-24(26)28-16-17-7-3-2-4-8-17/h2-13,21H,14-16H2,1H3,(H,25,26). The number of alkyl carbamates (subject to hydrolysis) is 1. The van der Waals surface area contributed by atoms with Crippen molar-refractivity contribution in [3.8, 4) is 22.6 Å². The van der Waals surface area contributed by atoms with E-state index in [1.807, 2.05) is 66.7 Å². The van der Waals surface area contributed by atoms with E-state index in [1.54, 1.807) is 7.11 Å². The van der Waals surface area contributed by atoms with Crippen LogP contribution in [0.5, 0.6) is 11.5 Å². The van der Waals surface area contributed by atoms with E-state index in [4.69, 9.17) is 14.2 Å². The van der Waals surface area contributed by atoms with Crippen molar-refractivity contribution in [2.24, 2.45) is 0 Å². The molecule has 0 fully saturated rings. The van der Waals surface area contributed by atoms with Crippen molar-refractivity contribution >= 4 is 6.09 Å². The summed E-state index contributed by atoms with van der Waals surface area (Å²) in [6.07, 6.45) is 0.175. The molecular formula is C24H23NO4. The first-order valence-corrected chi connectivity index (χ1v) is 9.60. The minimum absolute atomic E-state index is 0.124. The molecule has 0 aliphatic carbocycles. The molecule has 1 unspecified atom stereocenters. The van der Waals surface area contributed by atoms with Gasteiger partial charge in [-0.05, 0) is 28.8 Å². The molecule has 3 aromatic rings. The maximum atomic E-state index is 12.0. The average molecular weight is 389 g/mol. The van der Waals surface area contributed by atoms with E-state index >= 15 is 0 Å². The van der Waals surface area contributed by atoms with Gasteiger partial charge in [-0.1, -0.05) is 60.7 Å². The van der Waals surface area contributed by atoms with E-state index in [1.165, 1.54) is 0 Å². The molecule has 29 heavy (non-hydrogen) atoms. The zero-order valence-corrected chi connectivity index (χ0v) is 16.3. The van der Waals surface area contributed by atoms with Crippen LogP contribution in [0.25, 0.3) is 11.1 Å². The number of benzene rings is 3. The first-order valence-electron chi connectivity index (χ1n) is 9.60. The molecule has 5 heteroatoms. The zero-order chi connectivity index (χ0) is 20.1. The smallest absolute Gasteiger partial charge is 0.407 e. The Labute approximate surface area is 170 Å². The van der Waals surface area contributed by atoms with Gasteiger partial charge in [0.2, 0.25) is 0 Å². The van der Waals surface area contributed by atoms with Crippen LogP contribution in [0.2, 0.25) is 0 Å². The molecule has 0 spiro atoms. The van der Waals surface area contributed by atoms with Crippen LogP contribution in [0.1, 0.15) is 11.1 Å². The van der Waals surface area contributed by atoms with E-state index in [-0.39, 0.29) is 12.7 Å². The lowest BCUT2D eigenvalue weighted by molar-refractivity contribution is 0.133. The molecule has 0 saturated heterocycles. The van der Waals surface area contributed by atoms with E-state index in [0.717, 1.165) is 40.2 Å². The summed E-state index contributed by atoms with van der Waals surface area (Å²) in [7, 11) is 1.66. The Morgan fingerprint density at radius 2 is 1.90 bits per heavy atom. The van der Waals surface area contributed by atoms with Crippen LogP contribution >= 0.6 is 0 Å². The van der Waals surface area contributed by atoms with Crippen molar-refractivity contribution < 1.29 is 19.0 Å². The summed E-state index contributed by atoms with van der Waals surface area (Å²) >= 11 is 0. The average Bonchev–Trinajstić information content (AvgIpc) is 3.20. The predicted molar refractivity (Wildman–Crippen MR) is 111 cm³/mol. The Morgan fingerprint density at radius 3 is 2.72 bits per heavy atom. The van der Waals surface area contributed by atoms with Gasteiger partial charge in [0.05, 0.1) is 13.7 Å². The first kappa shape index (κ1) is 18.9. The van der Waals surface area contributed by atoms with E-state index in [9.17, 15) is 4.79 Å². The second-order valence-electron chi connectivity index (χ2n) is 6.91. The van der Waals surface area contributed by atoms with Gasteiger partial charge in [0.15, 0.2) is 0 Å². The minimum atomic E-state index is -0.443. The highest BCUT2D eigenvalue weighted by molar-refractivity contribution is 5.74. The Kier molecular flexibility index (Phi) is 5.66. The number of carbonyl (C=O) groups is 1. The summed E-state index contributed by atoms with van der Waals surface area (Å²) in [5.41, 5.74) is 4.15. The SMILES string of the molecule is COc1cccc(-c2cccc3c2OC(CNC(=O)OCc2ccccc2)C3)c1. The summed E-state index contributed by atoms with van der Waals surface area (Å²) in [6, 6.07) is 23.6. The van der Waals surface area contributed by atoms with Crippen LogP contribution in [0.4, 0.5) is 4.79 Å². The normalized spacial score (nSPS) is 14.6. The number of carbonyl (C=O) groups excluding carboxylic acids is 1. The Morgan fingerprint density at radius 1 is 1.07 bits per heavy atom. The number of fused-ring (bicyclic) bond motifs is 1. The van der Waals surface area contributed by atoms with Gasteiger partial charge in [0.1, 0.15) is 24.2 Å². The number of ether oxygens (including phenoxy) is 3. The molecule has 148 valence electrons. The summed E-state index contributed by atoms with van der Waals surface area (Å²) in [5.74, 6) is 1.67. The fourth-order valence-electron chi connectivity index (χ4n) is 3.44. The number of methoxy groups -OCH3 is 1. The van der Waals surface area contributed by atoms with E-state index in [2.05, 4.69) is 11.4 Å². The van der Waals surface area contributed by atoms with Gasteiger partial charge in [-0.25, -0.2) is 4.79 Å². The Balaban J connectivity index is 1.36. The van der Waals surface area contributed by atoms with Gasteiger partial charge in [0.25, 0.3) is 0 Å². The number of amides is 1. The summed E-state index contributed by atoms with van der Waals surface area (Å²) in [4.78, 5) is 12.0. The van der Waals surface area contributed by atoms with E-state index < -0.39 is 6.09 Å². The molecule has 1 atom stereocenters. The summed E-state index contributed by atoms with van der Waals surface area (Å²) in [5, 5.41) is 2.80. The van der Waals surface area contributed by atoms with E-state index in [0.29, 0.717) is 6.54 Å². The fourth-order valence-corrected chi connectivity index (χ4v) is 3.44. The lowest BCUT2D eigenvalue weighted by atomic mass is 10.0. The maximum absolute atomic E-state index is 12.0. The topological polar surface area (TPSA) is 56.8 Å². The number of rotatable bonds is 6. The molecule has 1 heterocycles. The summed E-state index contributed by atoms with van der Waals surface area (Å²) < 4.78 is 16.8. The van der Waals surface area contributed by atoms with Crippen molar-refractivity contribution in [2.75, 3.05) is 13.7 Å². The molecule has 0 aromatic heterocycles. The molecule has 1 aliphatic rings. The molecular weight excluding hydrogens is 366 g/mol. The molecule has 1 aliphatic heterocycles. The number of hydrogen-bond donors (Lipinski definition) is 1. The van der Waals surface area contributed by atoms with Crippen molar-refractivity contribution in [1.82, 2.24) is 5.32 Å². The second kappa shape index (κ2) is 8.69. The van der Waals surface area contributed by atoms with Gasteiger partial charge >= 0.3 is 6.09 Å². The summed E-state index contributed by atoms with van der Waals surface area (Å²) in [6.45, 7) is 0.637. The molecule has 0 saturated carbocycles. The van der Waals surface area contributed by atoms with Crippen LogP contribution in [0.15, 0.2) is 72.8 Å². The van der Waals surface area contributed by atoms with Crippen LogP contribution in [0, 0.1) is 0 Å². The third-order valence-corrected chi connectivity index (χ3v) is 4.90. The number of para-hydroxylation sites is 1. The molecule has 4 rings (SSSR count). The minimum Gasteiger partial charge on any atom is -0.497 e. The van der Waals surface area contributed by atoms with Gasteiger partial charge < -0.3 is 19.5 Å². The Hall–Kier alpha value is -3.47. The van der Waals surface area contributed by atoms with Crippen molar-refractivity contribution in [1.29, 1.82) is 0 Å². The Bertz CT molecular complexity index is 987. The second-order valence-corrected chi connectivity index (χ2v) is 6.91. The van der Waals surface area contributed by atoms with Crippen molar-refractivity contribution in [2.45, 2.75) is 19.1 Å². The maximum Gasteiger partial charge on any atom is 0.407 e. The molecule has 1 N–H and O–H groups in total. The zero-order valence-electron chi connectivity index (χ0n) is 16.3. The van der Waals surface area contributed by atoms with Gasteiger partial charge in [-0.2, -0.15) is 0 Å². The lowest BCUT2D eigenvalue weighted by Gasteiger charge is -2.14. The van der Waals surface area contributed by atoms with Crippen LogP contribution in [-0.4, -0.2) is 25.9 Å². The quantitative estimate of drug-likeness (QED) is 0.670. The van der Waals surface area contributed by atoms with Gasteiger partial charge in [-0.3, -0.25) is 0 Å². The molecule has 0 radical (unpaired) electrons. The van der Waals surface area contributed by atoms with Gasteiger partial charge in [0, 0.05) is 12.0 Å². The lowest BCUT2D eigenvalue weighted by Crippen LogP contribution is -2.34. The van der Waals surface area contributed by atoms with Crippen LogP contribution in [-0.2, 0) is 17.8 Å². The predicted octanol–water partition coefficient (Wildman–Crippen LogP) is 4.59. The third kappa shape index (κ3) is 4.51. The first-order chi connectivity index (χ1) is 14.2. The fraction of sp³-hybridized carbons (Fsp3) is 0.208. The molecule has 3 aromatic carbocycles. The van der Waals surface area contributed by atoms with Crippen molar-refractivity contribution in [3.63, 3.8) is 0 Å². The largest absolute Gasteiger partial charge is 0.497 e. The molecule has 0 bridgehead atoms. The van der Waals surface area contributed by atoms with Gasteiger partial charge in [-0.15, -0.1) is 0 Å². The highest BCUT2D eigenvalue weighted by atomic mass is 16.5. The molecule has 5 nitrogen and oxygen atoms in total. The highest BCUT2D eigenvalue weighted by Crippen LogP contribution is 2.39. The molecule has 1 amide bonds. The third-order valence-electron chi connectivity index (χ3n) is 4.90. The van der Waals surface area contributed by atoms with Crippen molar-refractivity contribution in [3.05, 3.63) is 83.9 Å².